The van der Waals surface area contributed by atoms with Gasteiger partial charge >= 0.3 is 5.97 Å². The largest absolute Gasteiger partial charge is 0.444 e. The van der Waals surface area contributed by atoms with Crippen LogP contribution in [0.5, 0.6) is 0 Å². The summed E-state index contributed by atoms with van der Waals surface area (Å²) < 4.78 is 12.8. The van der Waals surface area contributed by atoms with Gasteiger partial charge in [0, 0.05) is 25.2 Å². The average Bonchev–Trinajstić information content (AvgIpc) is 3.20. The monoisotopic (exact) mass is 394 g/mol. The highest BCUT2D eigenvalue weighted by atomic mass is 16.5. The van der Waals surface area contributed by atoms with Gasteiger partial charge in [-0.05, 0) is 25.1 Å². The lowest BCUT2D eigenvalue weighted by atomic mass is 10.1. The van der Waals surface area contributed by atoms with E-state index in [1.807, 2.05) is 25.1 Å². The summed E-state index contributed by atoms with van der Waals surface area (Å²) in [5, 5.41) is 8.15. The van der Waals surface area contributed by atoms with Crippen molar-refractivity contribution >= 4 is 22.9 Å². The number of esters is 1. The molecule has 0 unspecified atom stereocenters. The number of nitrogens with zero attached hydrogens (tertiary/aromatic N) is 4. The minimum absolute atomic E-state index is 0.245. The van der Waals surface area contributed by atoms with E-state index >= 15 is 0 Å². The van der Waals surface area contributed by atoms with Crippen LogP contribution in [0.3, 0.4) is 0 Å². The predicted octanol–water partition coefficient (Wildman–Crippen LogP) is 2.21. The van der Waals surface area contributed by atoms with Gasteiger partial charge in [-0.15, -0.1) is 5.10 Å². The first-order valence-electron chi connectivity index (χ1n) is 9.63. The van der Waals surface area contributed by atoms with Crippen LogP contribution < -0.4 is 0 Å². The number of benzene rings is 2. The summed E-state index contributed by atoms with van der Waals surface area (Å²) in [6, 6.07) is 14.2. The zero-order chi connectivity index (χ0) is 20.2. The van der Waals surface area contributed by atoms with Crippen LogP contribution in [-0.4, -0.2) is 58.1 Å². The third-order valence-electron chi connectivity index (χ3n) is 4.92. The lowest BCUT2D eigenvalue weighted by Gasteiger charge is -2.30. The fraction of sp³-hybridized carbons (Fsp3) is 0.333. The Morgan fingerprint density at radius 3 is 2.62 bits per heavy atom. The fourth-order valence-electron chi connectivity index (χ4n) is 3.35. The van der Waals surface area contributed by atoms with Gasteiger partial charge in [0.15, 0.2) is 0 Å². The zero-order valence-corrected chi connectivity index (χ0v) is 16.2. The molecule has 8 nitrogen and oxygen atoms in total. The van der Waals surface area contributed by atoms with Crippen molar-refractivity contribution in [2.45, 2.75) is 19.6 Å². The van der Waals surface area contributed by atoms with E-state index in [9.17, 15) is 9.59 Å². The van der Waals surface area contributed by atoms with Gasteiger partial charge in [-0.3, -0.25) is 4.79 Å². The van der Waals surface area contributed by atoms with Crippen LogP contribution in [0.2, 0.25) is 0 Å². The van der Waals surface area contributed by atoms with Crippen LogP contribution in [0.1, 0.15) is 28.9 Å². The molecule has 29 heavy (non-hydrogen) atoms. The molecule has 3 aromatic rings. The molecule has 1 aliphatic heterocycles. The Kier molecular flexibility index (Phi) is 5.53. The molecular weight excluding hydrogens is 372 g/mol. The van der Waals surface area contributed by atoms with Crippen molar-refractivity contribution in [1.82, 2.24) is 19.9 Å². The first kappa shape index (κ1) is 19.1. The van der Waals surface area contributed by atoms with E-state index in [1.54, 1.807) is 39.9 Å². The summed E-state index contributed by atoms with van der Waals surface area (Å²) in [4.78, 5) is 27.6. The van der Waals surface area contributed by atoms with Gasteiger partial charge in [0.05, 0.1) is 24.3 Å². The van der Waals surface area contributed by atoms with Gasteiger partial charge in [-0.25, -0.2) is 9.48 Å². The normalized spacial score (nSPS) is 15.3. The highest BCUT2D eigenvalue weighted by molar-refractivity contribution is 5.95. The molecule has 4 rings (SSSR count). The number of aryl methyl sites for hydroxylation is 1. The Balaban J connectivity index is 1.59. The maximum Gasteiger partial charge on any atom is 0.339 e. The minimum atomic E-state index is -1.01. The number of ether oxygens (including phenoxy) is 2. The van der Waals surface area contributed by atoms with Crippen LogP contribution in [0.25, 0.3) is 11.0 Å². The van der Waals surface area contributed by atoms with Crippen molar-refractivity contribution in [2.75, 3.05) is 26.3 Å². The first-order chi connectivity index (χ1) is 14.2. The molecule has 0 aliphatic carbocycles. The van der Waals surface area contributed by atoms with Gasteiger partial charge < -0.3 is 14.4 Å². The van der Waals surface area contributed by atoms with Crippen molar-refractivity contribution in [3.8, 4) is 0 Å². The summed E-state index contributed by atoms with van der Waals surface area (Å²) in [5.74, 6) is -0.820. The van der Waals surface area contributed by atoms with Gasteiger partial charge in [-0.1, -0.05) is 35.5 Å². The average molecular weight is 394 g/mol. The van der Waals surface area contributed by atoms with E-state index in [0.29, 0.717) is 49.5 Å². The van der Waals surface area contributed by atoms with Gasteiger partial charge in [0.25, 0.3) is 5.91 Å². The van der Waals surface area contributed by atoms with E-state index in [4.69, 9.17) is 9.47 Å². The third-order valence-corrected chi connectivity index (χ3v) is 4.92. The number of morpholine rings is 1. The molecule has 1 saturated heterocycles. The summed E-state index contributed by atoms with van der Waals surface area (Å²) in [6.07, 6.45) is -1.01. The highest BCUT2D eigenvalue weighted by Gasteiger charge is 2.31. The third kappa shape index (κ3) is 3.97. The van der Waals surface area contributed by atoms with E-state index in [1.165, 1.54) is 0 Å². The minimum Gasteiger partial charge on any atom is -0.444 e. The zero-order valence-electron chi connectivity index (χ0n) is 16.2. The topological polar surface area (TPSA) is 86.6 Å². The number of carbonyl (C=O) groups is 2. The van der Waals surface area contributed by atoms with Crippen molar-refractivity contribution < 1.29 is 19.1 Å². The molecule has 2 heterocycles. The maximum absolute atomic E-state index is 13.1. The highest BCUT2D eigenvalue weighted by Crippen LogP contribution is 2.23. The Hall–Kier alpha value is -3.26. The molecule has 1 fully saturated rings. The quantitative estimate of drug-likeness (QED) is 0.617. The van der Waals surface area contributed by atoms with E-state index in [2.05, 4.69) is 10.3 Å². The van der Waals surface area contributed by atoms with E-state index < -0.39 is 12.1 Å². The maximum atomic E-state index is 13.1. The van der Waals surface area contributed by atoms with Crippen LogP contribution in [0.15, 0.2) is 48.5 Å². The first-order valence-corrected chi connectivity index (χ1v) is 9.63. The fourth-order valence-corrected chi connectivity index (χ4v) is 3.35. The SMILES string of the molecule is CCn1nnc2cc(C(=O)O[C@H](C(=O)N3CCOCC3)c3ccccc3)ccc21. The Labute approximate surface area is 168 Å². The number of fused-ring (bicyclic) bond motifs is 1. The molecule has 1 amide bonds. The Morgan fingerprint density at radius 2 is 1.90 bits per heavy atom. The van der Waals surface area contributed by atoms with Crippen LogP contribution in [0, 0.1) is 0 Å². The molecule has 150 valence electrons. The van der Waals surface area contributed by atoms with E-state index in [-0.39, 0.29) is 5.91 Å². The summed E-state index contributed by atoms with van der Waals surface area (Å²) in [6.45, 7) is 4.57. The van der Waals surface area contributed by atoms with Crippen molar-refractivity contribution in [3.05, 3.63) is 59.7 Å². The molecule has 2 aromatic carbocycles. The second-order valence-corrected chi connectivity index (χ2v) is 6.74. The number of carbonyl (C=O) groups excluding carboxylic acids is 2. The lowest BCUT2D eigenvalue weighted by Crippen LogP contribution is -2.44. The van der Waals surface area contributed by atoms with Crippen LogP contribution >= 0.6 is 0 Å². The summed E-state index contributed by atoms with van der Waals surface area (Å²) in [7, 11) is 0. The second kappa shape index (κ2) is 8.40. The number of amides is 1. The van der Waals surface area contributed by atoms with E-state index in [0.717, 1.165) is 5.52 Å². The summed E-state index contributed by atoms with van der Waals surface area (Å²) >= 11 is 0. The van der Waals surface area contributed by atoms with Crippen LogP contribution in [-0.2, 0) is 20.8 Å². The Bertz CT molecular complexity index is 1010. The molecule has 0 bridgehead atoms. The lowest BCUT2D eigenvalue weighted by molar-refractivity contribution is -0.145. The van der Waals surface area contributed by atoms with Crippen molar-refractivity contribution in [2.24, 2.45) is 0 Å². The van der Waals surface area contributed by atoms with Gasteiger partial charge in [-0.2, -0.15) is 0 Å². The molecule has 0 N–H and O–H groups in total. The molecule has 0 radical (unpaired) electrons. The molecule has 1 atom stereocenters. The molecule has 1 aromatic heterocycles. The number of aromatic nitrogens is 3. The predicted molar refractivity (Wildman–Crippen MR) is 105 cm³/mol. The molecular formula is C21H22N4O4. The summed E-state index contributed by atoms with van der Waals surface area (Å²) in [5.41, 5.74) is 2.41. The standard InChI is InChI=1S/C21H22N4O4/c1-2-25-18-9-8-16(14-17(18)22-23-25)21(27)29-19(15-6-4-3-5-7-15)20(26)24-10-12-28-13-11-24/h3-9,14,19H,2,10-13H2,1H3/t19-/m0/s1. The van der Waals surface area contributed by atoms with Crippen LogP contribution in [0.4, 0.5) is 0 Å². The van der Waals surface area contributed by atoms with Gasteiger partial charge in [0.1, 0.15) is 5.52 Å². The number of hydrogen-bond acceptors (Lipinski definition) is 6. The number of hydrogen-bond donors (Lipinski definition) is 0. The van der Waals surface area contributed by atoms with Crippen molar-refractivity contribution in [3.63, 3.8) is 0 Å². The molecule has 0 saturated carbocycles. The second-order valence-electron chi connectivity index (χ2n) is 6.74. The smallest absolute Gasteiger partial charge is 0.339 e. The number of rotatable bonds is 5. The molecule has 1 aliphatic rings. The van der Waals surface area contributed by atoms with Crippen molar-refractivity contribution in [1.29, 1.82) is 0 Å². The Morgan fingerprint density at radius 1 is 1.14 bits per heavy atom. The molecule has 0 spiro atoms. The molecule has 8 heteroatoms. The van der Waals surface area contributed by atoms with Gasteiger partial charge in [0.2, 0.25) is 6.10 Å².